The Kier molecular flexibility index (Phi) is 6.59. The van der Waals surface area contributed by atoms with Crippen LogP contribution in [0.1, 0.15) is 47.4 Å². The summed E-state index contributed by atoms with van der Waals surface area (Å²) in [6.45, 7) is 3.62. The summed E-state index contributed by atoms with van der Waals surface area (Å²) in [5.41, 5.74) is 1.76. The number of methoxy groups -OCH3 is 1. The minimum atomic E-state index is -0.898. The number of rotatable bonds is 7. The van der Waals surface area contributed by atoms with Gasteiger partial charge in [0, 0.05) is 43.7 Å². The van der Waals surface area contributed by atoms with Gasteiger partial charge in [-0.3, -0.25) is 9.69 Å². The fraction of sp³-hybridized carbons (Fsp3) is 0.444. The van der Waals surface area contributed by atoms with Crippen molar-refractivity contribution >= 4 is 16.9 Å². The second-order valence-corrected chi connectivity index (χ2v) is 9.33. The minimum Gasteiger partial charge on any atom is -0.496 e. The molecule has 0 bridgehead atoms. The first-order valence-corrected chi connectivity index (χ1v) is 12.0. The van der Waals surface area contributed by atoms with Crippen LogP contribution in [-0.2, 0) is 16.9 Å². The van der Waals surface area contributed by atoms with Crippen LogP contribution in [0.4, 0.5) is 0 Å². The Morgan fingerprint density at radius 1 is 1.21 bits per heavy atom. The lowest BCUT2D eigenvalue weighted by molar-refractivity contribution is -0.0277. The largest absolute Gasteiger partial charge is 0.496 e. The van der Waals surface area contributed by atoms with Crippen LogP contribution in [-0.4, -0.2) is 55.4 Å². The number of nitrogens with zero attached hydrogens (tertiary/aromatic N) is 1. The summed E-state index contributed by atoms with van der Waals surface area (Å²) < 4.78 is 16.8. The Hall–Kier alpha value is -2.87. The summed E-state index contributed by atoms with van der Waals surface area (Å²) in [6, 6.07) is 15.5. The highest BCUT2D eigenvalue weighted by Gasteiger charge is 2.34. The third-order valence-corrected chi connectivity index (χ3v) is 7.06. The number of hydrogen-bond donors (Lipinski definition) is 2. The molecule has 0 unspecified atom stereocenters. The van der Waals surface area contributed by atoms with Crippen LogP contribution in [0, 0.1) is 0 Å². The quantitative estimate of drug-likeness (QED) is 0.553. The van der Waals surface area contributed by atoms with E-state index >= 15 is 0 Å². The molecule has 0 radical (unpaired) electrons. The molecule has 2 aromatic carbocycles. The van der Waals surface area contributed by atoms with E-state index in [0.29, 0.717) is 25.0 Å². The number of fused-ring (bicyclic) bond motifs is 1. The maximum Gasteiger partial charge on any atom is 0.287 e. The number of piperidine rings is 1. The molecule has 7 heteroatoms. The Balaban J connectivity index is 1.23. The van der Waals surface area contributed by atoms with E-state index in [4.69, 9.17) is 13.9 Å². The van der Waals surface area contributed by atoms with Gasteiger partial charge in [-0.05, 0) is 55.5 Å². The van der Waals surface area contributed by atoms with Crippen molar-refractivity contribution in [2.75, 3.05) is 33.4 Å². The molecule has 0 aliphatic carbocycles. The molecular formula is C27H32N2O5. The lowest BCUT2D eigenvalue weighted by Crippen LogP contribution is -2.42. The van der Waals surface area contributed by atoms with Crippen molar-refractivity contribution < 1.29 is 23.8 Å². The van der Waals surface area contributed by atoms with E-state index in [9.17, 15) is 9.90 Å². The average molecular weight is 465 g/mol. The maximum atomic E-state index is 12.5. The van der Waals surface area contributed by atoms with Gasteiger partial charge in [-0.25, -0.2) is 0 Å². The van der Waals surface area contributed by atoms with Gasteiger partial charge in [-0.15, -0.1) is 0 Å². The number of likely N-dealkylation sites (tertiary alicyclic amines) is 1. The van der Waals surface area contributed by atoms with Gasteiger partial charge in [0.1, 0.15) is 11.3 Å². The van der Waals surface area contributed by atoms with Crippen molar-refractivity contribution in [2.24, 2.45) is 0 Å². The molecule has 3 heterocycles. The molecule has 0 saturated carbocycles. The first-order chi connectivity index (χ1) is 16.5. The third kappa shape index (κ3) is 4.82. The van der Waals surface area contributed by atoms with Gasteiger partial charge in [0.05, 0.1) is 18.8 Å². The highest BCUT2D eigenvalue weighted by atomic mass is 16.5. The second-order valence-electron chi connectivity index (χ2n) is 9.33. The van der Waals surface area contributed by atoms with Crippen LogP contribution in [0.3, 0.4) is 0 Å². The Morgan fingerprint density at radius 2 is 2.03 bits per heavy atom. The predicted octanol–water partition coefficient (Wildman–Crippen LogP) is 3.83. The predicted molar refractivity (Wildman–Crippen MR) is 129 cm³/mol. The molecule has 2 fully saturated rings. The fourth-order valence-corrected chi connectivity index (χ4v) is 4.99. The average Bonchev–Trinajstić information content (AvgIpc) is 3.54. The van der Waals surface area contributed by atoms with Gasteiger partial charge in [0.15, 0.2) is 5.76 Å². The van der Waals surface area contributed by atoms with E-state index in [2.05, 4.69) is 16.3 Å². The van der Waals surface area contributed by atoms with Gasteiger partial charge in [-0.2, -0.15) is 0 Å². The van der Waals surface area contributed by atoms with Crippen molar-refractivity contribution in [3.63, 3.8) is 0 Å². The summed E-state index contributed by atoms with van der Waals surface area (Å²) in [6.07, 6.45) is 3.37. The molecule has 1 amide bonds. The molecule has 2 saturated heterocycles. The highest BCUT2D eigenvalue weighted by molar-refractivity contribution is 5.96. The van der Waals surface area contributed by atoms with Crippen LogP contribution in [0.15, 0.2) is 52.9 Å². The third-order valence-electron chi connectivity index (χ3n) is 7.06. The molecule has 2 N–H and O–H groups in total. The van der Waals surface area contributed by atoms with Crippen LogP contribution >= 0.6 is 0 Å². The number of benzene rings is 2. The topological polar surface area (TPSA) is 84.2 Å². The van der Waals surface area contributed by atoms with Crippen LogP contribution < -0.4 is 10.1 Å². The van der Waals surface area contributed by atoms with Crippen LogP contribution in [0.2, 0.25) is 0 Å². The maximum absolute atomic E-state index is 12.5. The summed E-state index contributed by atoms with van der Waals surface area (Å²) >= 11 is 0. The molecule has 0 spiro atoms. The van der Waals surface area contributed by atoms with E-state index < -0.39 is 5.60 Å². The first-order valence-electron chi connectivity index (χ1n) is 12.0. The smallest absolute Gasteiger partial charge is 0.287 e. The number of para-hydroxylation sites is 1. The van der Waals surface area contributed by atoms with E-state index in [0.717, 1.165) is 61.3 Å². The second kappa shape index (κ2) is 9.78. The standard InChI is InChI=1S/C27H32N2O5/c1-32-23-7-3-2-5-19(23)18-29-12-10-27(31,11-13-29)21-8-9-24-20(15-21)16-25(34-24)26(30)28-17-22-6-4-14-33-22/h2-3,5,7-9,15-16,22,31H,4,6,10-14,17-18H2,1H3,(H,28,30)/t22-/m0/s1. The number of nitrogens with one attached hydrogen (secondary N) is 1. The summed E-state index contributed by atoms with van der Waals surface area (Å²) in [5.74, 6) is 0.935. The number of amides is 1. The van der Waals surface area contributed by atoms with Gasteiger partial charge >= 0.3 is 0 Å². The SMILES string of the molecule is COc1ccccc1CN1CCC(O)(c2ccc3oc(C(=O)NC[C@@H]4CCCO4)cc3c2)CC1. The Labute approximate surface area is 199 Å². The Bertz CT molecular complexity index is 1140. The normalized spacial score (nSPS) is 20.5. The summed E-state index contributed by atoms with van der Waals surface area (Å²) in [5, 5.41) is 15.2. The number of carbonyl (C=O) groups is 1. The fourth-order valence-electron chi connectivity index (χ4n) is 4.99. The summed E-state index contributed by atoms with van der Waals surface area (Å²) in [7, 11) is 1.69. The van der Waals surface area contributed by atoms with Gasteiger partial charge < -0.3 is 24.3 Å². The lowest BCUT2D eigenvalue weighted by atomic mass is 9.84. The molecule has 3 aromatic rings. The number of carbonyl (C=O) groups excluding carboxylic acids is 1. The van der Waals surface area contributed by atoms with Crippen LogP contribution in [0.25, 0.3) is 11.0 Å². The van der Waals surface area contributed by atoms with E-state index in [1.807, 2.05) is 36.4 Å². The lowest BCUT2D eigenvalue weighted by Gasteiger charge is -2.38. The molecule has 180 valence electrons. The van der Waals surface area contributed by atoms with Crippen molar-refractivity contribution in [3.8, 4) is 5.75 Å². The molecule has 1 atom stereocenters. The monoisotopic (exact) mass is 464 g/mol. The molecular weight excluding hydrogens is 432 g/mol. The molecule has 2 aliphatic rings. The Morgan fingerprint density at radius 3 is 2.79 bits per heavy atom. The molecule has 1 aromatic heterocycles. The van der Waals surface area contributed by atoms with Gasteiger partial charge in [0.2, 0.25) is 0 Å². The van der Waals surface area contributed by atoms with E-state index in [-0.39, 0.29) is 17.8 Å². The number of hydrogen-bond acceptors (Lipinski definition) is 6. The van der Waals surface area contributed by atoms with E-state index in [1.54, 1.807) is 13.2 Å². The first kappa shape index (κ1) is 22.9. The van der Waals surface area contributed by atoms with E-state index in [1.165, 1.54) is 0 Å². The zero-order valence-corrected chi connectivity index (χ0v) is 19.6. The van der Waals surface area contributed by atoms with Crippen molar-refractivity contribution in [2.45, 2.75) is 43.9 Å². The van der Waals surface area contributed by atoms with Crippen molar-refractivity contribution in [1.29, 1.82) is 0 Å². The zero-order valence-electron chi connectivity index (χ0n) is 19.6. The highest BCUT2D eigenvalue weighted by Crippen LogP contribution is 2.36. The van der Waals surface area contributed by atoms with Gasteiger partial charge in [-0.1, -0.05) is 24.3 Å². The minimum absolute atomic E-state index is 0.0861. The number of ether oxygens (including phenoxy) is 2. The van der Waals surface area contributed by atoms with Crippen LogP contribution in [0.5, 0.6) is 5.75 Å². The van der Waals surface area contributed by atoms with Crippen molar-refractivity contribution in [1.82, 2.24) is 10.2 Å². The number of aliphatic hydroxyl groups is 1. The van der Waals surface area contributed by atoms with Gasteiger partial charge in [0.25, 0.3) is 5.91 Å². The zero-order chi connectivity index (χ0) is 23.5. The summed E-state index contributed by atoms with van der Waals surface area (Å²) in [4.78, 5) is 14.9. The molecule has 2 aliphatic heterocycles. The number of furan rings is 1. The molecule has 5 rings (SSSR count). The van der Waals surface area contributed by atoms with Crippen molar-refractivity contribution in [3.05, 3.63) is 65.4 Å². The molecule has 7 nitrogen and oxygen atoms in total. The molecule has 34 heavy (non-hydrogen) atoms.